The van der Waals surface area contributed by atoms with Crippen LogP contribution in [0.4, 0.5) is 13.2 Å². The summed E-state index contributed by atoms with van der Waals surface area (Å²) in [7, 11) is 1.69. The maximum atomic E-state index is 13.6. The molecule has 8 heteroatoms. The minimum atomic E-state index is -4.63. The number of hydrogen-bond acceptors (Lipinski definition) is 3. The highest BCUT2D eigenvalue weighted by molar-refractivity contribution is 6.06. The average molecular weight is 390 g/mol. The van der Waals surface area contributed by atoms with Crippen LogP contribution in [-0.2, 0) is 7.05 Å². The van der Waals surface area contributed by atoms with Crippen LogP contribution in [0, 0.1) is 6.92 Å². The predicted octanol–water partition coefficient (Wildman–Crippen LogP) is 4.43. The summed E-state index contributed by atoms with van der Waals surface area (Å²) in [5.74, 6) is -0.810. The van der Waals surface area contributed by atoms with E-state index in [1.165, 1.54) is 28.9 Å². The Morgan fingerprint density at radius 3 is 2.39 bits per heavy atom. The normalized spacial score (nSPS) is 13.1. The maximum Gasteiger partial charge on any atom is 0.412 e. The van der Waals surface area contributed by atoms with Crippen LogP contribution in [-0.4, -0.2) is 26.8 Å². The lowest BCUT2D eigenvalue weighted by Gasteiger charge is -2.22. The molecule has 2 heterocycles. The summed E-state index contributed by atoms with van der Waals surface area (Å²) in [5.41, 5.74) is 1.74. The molecule has 0 bridgehead atoms. The maximum absolute atomic E-state index is 13.6. The van der Waals surface area contributed by atoms with Gasteiger partial charge in [0.05, 0.1) is 16.6 Å². The number of halogens is 3. The lowest BCUT2D eigenvalue weighted by molar-refractivity contribution is -0.155. The van der Waals surface area contributed by atoms with Gasteiger partial charge < -0.3 is 5.32 Å². The Kier molecular flexibility index (Phi) is 5.14. The van der Waals surface area contributed by atoms with Crippen LogP contribution in [0.15, 0.2) is 36.4 Å². The van der Waals surface area contributed by atoms with E-state index >= 15 is 0 Å². The van der Waals surface area contributed by atoms with E-state index in [1.54, 1.807) is 26.1 Å². The van der Waals surface area contributed by atoms with E-state index in [0.29, 0.717) is 22.4 Å². The van der Waals surface area contributed by atoms with Gasteiger partial charge in [-0.2, -0.15) is 18.3 Å². The lowest BCUT2D eigenvalue weighted by Crippen LogP contribution is -2.38. The number of rotatable bonds is 4. The molecule has 5 nitrogen and oxygen atoms in total. The van der Waals surface area contributed by atoms with Crippen molar-refractivity contribution in [3.05, 3.63) is 58.9 Å². The zero-order valence-electron chi connectivity index (χ0n) is 16.0. The first-order valence-corrected chi connectivity index (χ1v) is 8.86. The van der Waals surface area contributed by atoms with Crippen LogP contribution >= 0.6 is 0 Å². The number of aryl methyl sites for hydroxylation is 2. The van der Waals surface area contributed by atoms with E-state index in [4.69, 9.17) is 0 Å². The molecule has 3 aromatic rings. The summed E-state index contributed by atoms with van der Waals surface area (Å²) >= 11 is 0. The van der Waals surface area contributed by atoms with Crippen molar-refractivity contribution in [3.8, 4) is 0 Å². The summed E-state index contributed by atoms with van der Waals surface area (Å²) in [6.45, 7) is 5.51. The fraction of sp³-hybridized carbons (Fsp3) is 0.350. The lowest BCUT2D eigenvalue weighted by atomic mass is 10.0. The van der Waals surface area contributed by atoms with Crippen LogP contribution in [0.25, 0.3) is 11.0 Å². The average Bonchev–Trinajstić information content (AvgIpc) is 2.92. The van der Waals surface area contributed by atoms with Gasteiger partial charge >= 0.3 is 6.18 Å². The third kappa shape index (κ3) is 3.72. The van der Waals surface area contributed by atoms with E-state index in [1.807, 2.05) is 13.8 Å². The summed E-state index contributed by atoms with van der Waals surface area (Å²) in [6, 6.07) is 6.77. The van der Waals surface area contributed by atoms with Crippen LogP contribution in [0.5, 0.6) is 0 Å². The zero-order valence-corrected chi connectivity index (χ0v) is 16.0. The standard InChI is InChI=1S/C20H21F3N4O/c1-11(2)15-10-14(16-12(3)26-27(4)18(16)24-15)19(28)25-17(20(21,22)23)13-8-6-5-7-9-13/h5-11,17H,1-4H3,(H,25,28)/t17-/m1/s1. The number of carbonyl (C=O) groups is 1. The minimum absolute atomic E-state index is 0.00121. The molecule has 0 unspecified atom stereocenters. The topological polar surface area (TPSA) is 59.8 Å². The first-order chi connectivity index (χ1) is 13.1. The fourth-order valence-electron chi connectivity index (χ4n) is 3.15. The highest BCUT2D eigenvalue weighted by Gasteiger charge is 2.42. The number of pyridine rings is 1. The van der Waals surface area contributed by atoms with Gasteiger partial charge in [0, 0.05) is 12.7 Å². The number of fused-ring (bicyclic) bond motifs is 1. The Labute approximate surface area is 160 Å². The molecule has 1 N–H and O–H groups in total. The molecule has 1 atom stereocenters. The van der Waals surface area contributed by atoms with Gasteiger partial charge in [-0.3, -0.25) is 9.48 Å². The predicted molar refractivity (Wildman–Crippen MR) is 100 cm³/mol. The van der Waals surface area contributed by atoms with Crippen LogP contribution < -0.4 is 5.32 Å². The van der Waals surface area contributed by atoms with Gasteiger partial charge in [-0.05, 0) is 24.5 Å². The Morgan fingerprint density at radius 1 is 1.18 bits per heavy atom. The van der Waals surface area contributed by atoms with E-state index in [0.717, 1.165) is 0 Å². The Bertz CT molecular complexity index is 1010. The summed E-state index contributed by atoms with van der Waals surface area (Å²) in [4.78, 5) is 17.5. The quantitative estimate of drug-likeness (QED) is 0.717. The number of nitrogens with zero attached hydrogens (tertiary/aromatic N) is 3. The van der Waals surface area contributed by atoms with Gasteiger partial charge in [0.15, 0.2) is 11.7 Å². The zero-order chi connectivity index (χ0) is 20.6. The van der Waals surface area contributed by atoms with E-state index in [2.05, 4.69) is 15.4 Å². The highest BCUT2D eigenvalue weighted by atomic mass is 19.4. The number of carbonyl (C=O) groups excluding carboxylic acids is 1. The number of hydrogen-bond donors (Lipinski definition) is 1. The number of benzene rings is 1. The number of alkyl halides is 3. The van der Waals surface area contributed by atoms with E-state index in [-0.39, 0.29) is 17.0 Å². The largest absolute Gasteiger partial charge is 0.412 e. The Hall–Kier alpha value is -2.90. The fourth-order valence-corrected chi connectivity index (χ4v) is 3.15. The first kappa shape index (κ1) is 19.9. The van der Waals surface area contributed by atoms with Crippen LogP contribution in [0.3, 0.4) is 0 Å². The highest BCUT2D eigenvalue weighted by Crippen LogP contribution is 2.33. The third-order valence-electron chi connectivity index (χ3n) is 4.56. The van der Waals surface area contributed by atoms with Gasteiger partial charge in [-0.1, -0.05) is 44.2 Å². The molecule has 1 aromatic carbocycles. The molecule has 0 aliphatic heterocycles. The molecule has 0 fully saturated rings. The second-order valence-corrected chi connectivity index (χ2v) is 7.02. The second-order valence-electron chi connectivity index (χ2n) is 7.02. The smallest absolute Gasteiger partial charge is 0.337 e. The van der Waals surface area contributed by atoms with Gasteiger partial charge in [0.25, 0.3) is 5.91 Å². The molecular formula is C20H21F3N4O. The third-order valence-corrected chi connectivity index (χ3v) is 4.56. The number of nitrogens with one attached hydrogen (secondary N) is 1. The minimum Gasteiger partial charge on any atom is -0.337 e. The SMILES string of the molecule is Cc1nn(C)c2nc(C(C)C)cc(C(=O)N[C@H](c3ccccc3)C(F)(F)F)c12. The summed E-state index contributed by atoms with van der Waals surface area (Å²) in [6.07, 6.45) is -4.63. The number of aromatic nitrogens is 3. The van der Waals surface area contributed by atoms with Crippen LogP contribution in [0.2, 0.25) is 0 Å². The van der Waals surface area contributed by atoms with Gasteiger partial charge in [0.2, 0.25) is 0 Å². The molecule has 1 amide bonds. The first-order valence-electron chi connectivity index (χ1n) is 8.86. The van der Waals surface area contributed by atoms with Crippen LogP contribution in [0.1, 0.15) is 53.1 Å². The molecule has 2 aromatic heterocycles. The molecule has 0 radical (unpaired) electrons. The van der Waals surface area contributed by atoms with Gasteiger partial charge in [0.1, 0.15) is 0 Å². The van der Waals surface area contributed by atoms with E-state index < -0.39 is 18.1 Å². The Balaban J connectivity index is 2.09. The molecule has 3 rings (SSSR count). The molecular weight excluding hydrogens is 369 g/mol. The Morgan fingerprint density at radius 2 is 1.82 bits per heavy atom. The molecule has 148 valence electrons. The van der Waals surface area contributed by atoms with Crippen molar-refractivity contribution in [2.45, 2.75) is 38.9 Å². The van der Waals surface area contributed by atoms with E-state index in [9.17, 15) is 18.0 Å². The van der Waals surface area contributed by atoms with Gasteiger partial charge in [-0.15, -0.1) is 0 Å². The van der Waals surface area contributed by atoms with Gasteiger partial charge in [-0.25, -0.2) is 4.98 Å². The summed E-state index contributed by atoms with van der Waals surface area (Å²) in [5, 5.41) is 6.88. The van der Waals surface area contributed by atoms with Crippen molar-refractivity contribution in [2.24, 2.45) is 7.05 Å². The molecule has 0 spiro atoms. The van der Waals surface area contributed by atoms with Crippen molar-refractivity contribution in [2.75, 3.05) is 0 Å². The molecule has 0 aliphatic rings. The van der Waals surface area contributed by atoms with Crippen molar-refractivity contribution < 1.29 is 18.0 Å². The second kappa shape index (κ2) is 7.26. The molecule has 0 aliphatic carbocycles. The van der Waals surface area contributed by atoms with Crippen molar-refractivity contribution in [1.29, 1.82) is 0 Å². The monoisotopic (exact) mass is 390 g/mol. The number of amides is 1. The van der Waals surface area contributed by atoms with Crippen molar-refractivity contribution in [3.63, 3.8) is 0 Å². The molecule has 0 saturated carbocycles. The summed E-state index contributed by atoms with van der Waals surface area (Å²) < 4.78 is 42.5. The molecule has 28 heavy (non-hydrogen) atoms. The van der Waals surface area contributed by atoms with Crippen molar-refractivity contribution in [1.82, 2.24) is 20.1 Å². The van der Waals surface area contributed by atoms with Crippen molar-refractivity contribution >= 4 is 16.9 Å². The molecule has 0 saturated heterocycles.